The molecule has 308 valence electrons. The Bertz CT molecular complexity index is 2430. The Hall–Kier alpha value is -3.29. The molecular weight excluding hydrogens is 815 g/mol. The van der Waals surface area contributed by atoms with Gasteiger partial charge in [0.15, 0.2) is 23.2 Å². The Kier molecular flexibility index (Phi) is 10.6. The zero-order chi connectivity index (χ0) is 40.7. The molecule has 0 amide bonds. The van der Waals surface area contributed by atoms with Crippen LogP contribution in [-0.4, -0.2) is 110 Å². The number of hydrogen-bond acceptors (Lipinski definition) is 18. The summed E-state index contributed by atoms with van der Waals surface area (Å²) in [7, 11) is -14.1. The van der Waals surface area contributed by atoms with Crippen molar-refractivity contribution in [2.24, 2.45) is 13.0 Å². The molecule has 1 saturated carbocycles. The lowest BCUT2D eigenvalue weighted by Crippen LogP contribution is -2.35. The highest BCUT2D eigenvalue weighted by Crippen LogP contribution is 2.68. The summed E-state index contributed by atoms with van der Waals surface area (Å²) in [5.74, 6) is -1.69. The van der Waals surface area contributed by atoms with Gasteiger partial charge in [-0.15, -0.1) is 0 Å². The van der Waals surface area contributed by atoms with Gasteiger partial charge in [0, 0.05) is 13.0 Å². The van der Waals surface area contributed by atoms with E-state index in [0.29, 0.717) is 0 Å². The van der Waals surface area contributed by atoms with E-state index in [1.165, 1.54) is 24.9 Å². The maximum atomic E-state index is 12.9. The van der Waals surface area contributed by atoms with Crippen LogP contribution in [0, 0.1) is 12.8 Å². The van der Waals surface area contributed by atoms with Gasteiger partial charge in [0.25, 0.3) is 16.7 Å². The van der Waals surface area contributed by atoms with Gasteiger partial charge in [-0.1, -0.05) is 0 Å². The Morgan fingerprint density at radius 2 is 1.64 bits per heavy atom. The summed E-state index contributed by atoms with van der Waals surface area (Å²) in [6.07, 6.45) is -3.73. The minimum atomic E-state index is -5.88. The summed E-state index contributed by atoms with van der Waals surface area (Å²) in [4.78, 5) is 73.2. The number of aryl methyl sites for hydroxylation is 2. The number of fused-ring (bicyclic) bond motifs is 3. The van der Waals surface area contributed by atoms with Crippen molar-refractivity contribution in [1.82, 2.24) is 34.1 Å². The fourth-order valence-corrected chi connectivity index (χ4v) is 10.8. The second-order valence-corrected chi connectivity index (χ2v) is 18.4. The highest BCUT2D eigenvalue weighted by atomic mass is 31.3. The number of aliphatic hydroxyl groups excluding tert-OH is 1. The number of rotatable bonds is 13. The molecule has 26 nitrogen and oxygen atoms in total. The first kappa shape index (κ1) is 40.9. The quantitative estimate of drug-likeness (QED) is 0.0645. The highest BCUT2D eigenvalue weighted by Gasteiger charge is 2.58. The Balaban J connectivity index is 0.987. The molecule has 2 saturated heterocycles. The second-order valence-electron chi connectivity index (χ2n) is 13.8. The van der Waals surface area contributed by atoms with Crippen LogP contribution in [0.4, 0.5) is 5.95 Å². The number of aromatic nitrogens is 8. The summed E-state index contributed by atoms with van der Waals surface area (Å²) >= 11 is 0. The van der Waals surface area contributed by atoms with E-state index in [-0.39, 0.29) is 40.5 Å². The molecule has 3 fully saturated rings. The predicted molar refractivity (Wildman–Crippen MR) is 184 cm³/mol. The number of nitrogens with one attached hydrogen (secondary N) is 2. The third-order valence-corrected chi connectivity index (χ3v) is 13.6. The number of nitrogen functional groups attached to an aromatic ring is 1. The van der Waals surface area contributed by atoms with Crippen molar-refractivity contribution in [1.29, 1.82) is 0 Å². The molecule has 1 aliphatic carbocycles. The lowest BCUT2D eigenvalue weighted by Gasteiger charge is -2.23. The van der Waals surface area contributed by atoms with Gasteiger partial charge in [-0.2, -0.15) is 13.6 Å². The van der Waals surface area contributed by atoms with E-state index in [4.69, 9.17) is 33.7 Å². The van der Waals surface area contributed by atoms with E-state index in [1.54, 1.807) is 36.4 Å². The first-order chi connectivity index (χ1) is 26.1. The number of hydrogen-bond donors (Lipinski definition) is 7. The molecule has 2 aliphatic heterocycles. The number of anilines is 1. The van der Waals surface area contributed by atoms with Gasteiger partial charge in [0.1, 0.15) is 36.3 Å². The Morgan fingerprint density at radius 3 is 2.32 bits per heavy atom. The zero-order valence-electron chi connectivity index (χ0n) is 30.1. The minimum absolute atomic E-state index is 0.0547. The first-order valence-electron chi connectivity index (χ1n) is 16.7. The average molecular weight is 855 g/mol. The molecule has 4 aromatic rings. The number of methoxy groups -OCH3 is 1. The van der Waals surface area contributed by atoms with Crippen LogP contribution < -0.4 is 21.4 Å². The number of aromatic amines is 2. The first-order valence-corrected chi connectivity index (χ1v) is 21.2. The molecule has 8 N–H and O–H groups in total. The molecule has 7 rings (SSSR count). The molecule has 56 heavy (non-hydrogen) atoms. The van der Waals surface area contributed by atoms with Gasteiger partial charge < -0.3 is 49.5 Å². The SMILES string of the molecule is CO[C@@H]1C(O)[C@H](n2cnc3c(=O)[nH]c(C)nc32)O[C@@H]1COP(=O)(O)OP(=O)(O)OP(=O)(O)OC[C@H]1C[C@@H](n2c[n+](C)c3c(=O)[nH]c(N)nc32)C2OC(C)(C)O[C@H]21. The molecule has 11 atom stereocenters. The largest absolute Gasteiger partial charge is 0.490 e. The third-order valence-electron chi connectivity index (χ3n) is 9.37. The smallest absolute Gasteiger partial charge is 0.386 e. The van der Waals surface area contributed by atoms with Crippen LogP contribution in [0.2, 0.25) is 0 Å². The van der Waals surface area contributed by atoms with Crippen molar-refractivity contribution in [2.75, 3.05) is 26.1 Å². The van der Waals surface area contributed by atoms with Gasteiger partial charge in [-0.3, -0.25) is 28.2 Å². The van der Waals surface area contributed by atoms with Crippen LogP contribution in [0.3, 0.4) is 0 Å². The third kappa shape index (κ3) is 7.93. The van der Waals surface area contributed by atoms with E-state index in [0.717, 1.165) is 0 Å². The fraction of sp³-hybridized carbons (Fsp3) is 0.630. The zero-order valence-corrected chi connectivity index (χ0v) is 32.8. The Morgan fingerprint density at radius 1 is 0.982 bits per heavy atom. The van der Waals surface area contributed by atoms with E-state index in [2.05, 4.69) is 33.5 Å². The molecule has 6 heterocycles. The summed E-state index contributed by atoms with van der Waals surface area (Å²) in [6, 6.07) is -0.557. The summed E-state index contributed by atoms with van der Waals surface area (Å²) in [6.45, 7) is 3.35. The van der Waals surface area contributed by atoms with Crippen molar-refractivity contribution in [3.05, 3.63) is 39.2 Å². The molecule has 0 bridgehead atoms. The van der Waals surface area contributed by atoms with Crippen molar-refractivity contribution < 1.29 is 74.7 Å². The van der Waals surface area contributed by atoms with E-state index in [1.807, 2.05) is 0 Å². The van der Waals surface area contributed by atoms with Crippen LogP contribution in [0.1, 0.15) is 38.4 Å². The van der Waals surface area contributed by atoms with Gasteiger partial charge >= 0.3 is 29.0 Å². The van der Waals surface area contributed by atoms with Crippen LogP contribution in [0.25, 0.3) is 22.3 Å². The standard InChI is InChI=1S/C27H38N9O17P3/c1-11-30-21-15(23(38)31-11)29-9-35(21)25-17(37)20(46-5)14(49-25)8-48-55(42,43)53-56(44,45)52-54(40,41)47-7-12-6-13(19-18(12)50-27(2,3)51-19)36-10-34(4)16-22(36)32-26(28)33-24(16)39/h9-10,12-14,17-20,25,37H,6-8H2,1-5H3,(H6-,28,30,31,32,33,38,39,40,41,42,43,44,45)/p+1/t12-,13-,14-,17?,18+,19?,20+,25-/m1/s1. The number of ether oxygens (including phenoxy) is 4. The van der Waals surface area contributed by atoms with Crippen LogP contribution in [0.15, 0.2) is 22.2 Å². The minimum Gasteiger partial charge on any atom is -0.386 e. The second kappa shape index (κ2) is 14.5. The molecule has 0 radical (unpaired) electrons. The topological polar surface area (TPSA) is 350 Å². The Labute approximate surface area is 314 Å². The van der Waals surface area contributed by atoms with E-state index >= 15 is 0 Å². The fourth-order valence-electron chi connectivity index (χ4n) is 7.28. The number of nitrogens with two attached hydrogens (primary N) is 1. The molecule has 4 aromatic heterocycles. The number of imidazole rings is 2. The van der Waals surface area contributed by atoms with E-state index < -0.39 is 102 Å². The van der Waals surface area contributed by atoms with Crippen molar-refractivity contribution in [2.45, 2.75) is 75.8 Å². The lowest BCUT2D eigenvalue weighted by atomic mass is 10.1. The van der Waals surface area contributed by atoms with E-state index in [9.17, 15) is 43.1 Å². The van der Waals surface area contributed by atoms with Crippen molar-refractivity contribution >= 4 is 51.7 Å². The van der Waals surface area contributed by atoms with Crippen LogP contribution in [0.5, 0.6) is 0 Å². The van der Waals surface area contributed by atoms with Gasteiger partial charge in [-0.25, -0.2) is 32.8 Å². The maximum Gasteiger partial charge on any atom is 0.490 e. The van der Waals surface area contributed by atoms with Gasteiger partial charge in [-0.05, 0) is 27.2 Å². The lowest BCUT2D eigenvalue weighted by molar-refractivity contribution is -0.646. The maximum absolute atomic E-state index is 12.9. The number of H-pyrrole nitrogens is 2. The number of nitrogens with zero attached hydrogens (tertiary/aromatic N) is 6. The highest BCUT2D eigenvalue weighted by molar-refractivity contribution is 7.66. The van der Waals surface area contributed by atoms with Crippen molar-refractivity contribution in [3.8, 4) is 0 Å². The number of phosphoric acid groups is 3. The molecule has 5 unspecified atom stereocenters. The summed E-state index contributed by atoms with van der Waals surface area (Å²) < 4.78 is 84.6. The molecule has 29 heteroatoms. The van der Waals surface area contributed by atoms with Crippen LogP contribution in [-0.2, 0) is 57.4 Å². The molecule has 0 aromatic carbocycles. The molecular formula is C27H39N9O17P3+. The normalized spacial score (nSPS) is 30.7. The average Bonchev–Trinajstić information content (AvgIpc) is 3.85. The predicted octanol–water partition coefficient (Wildman–Crippen LogP) is -0.705. The summed E-state index contributed by atoms with van der Waals surface area (Å²) in [5.41, 5.74) is 5.24. The molecule has 3 aliphatic rings. The van der Waals surface area contributed by atoms with Crippen molar-refractivity contribution in [3.63, 3.8) is 0 Å². The van der Waals surface area contributed by atoms with Gasteiger partial charge in [0.2, 0.25) is 12.3 Å². The molecule has 0 spiro atoms. The number of phosphoric ester groups is 2. The summed E-state index contributed by atoms with van der Waals surface area (Å²) in [5, 5.41) is 10.9. The monoisotopic (exact) mass is 854 g/mol. The van der Waals surface area contributed by atoms with Crippen LogP contribution >= 0.6 is 23.5 Å². The van der Waals surface area contributed by atoms with Gasteiger partial charge in [0.05, 0.1) is 32.7 Å². The number of aliphatic hydroxyl groups is 1.